The molecule has 1 aromatic carbocycles. The van der Waals surface area contributed by atoms with Crippen molar-refractivity contribution >= 4 is 29.9 Å². The molecule has 0 atom stereocenters. The summed E-state index contributed by atoms with van der Waals surface area (Å²) in [5.41, 5.74) is 2.14. The average molecular weight is 456 g/mol. The van der Waals surface area contributed by atoms with Gasteiger partial charge in [0.1, 0.15) is 5.75 Å². The standard InChI is InChI=1S/C18H24N4O2.HI/c1-19-18(22-13-15-8-6-11-20-17(15)24-3)21-12-10-14-7-4-5-9-16(14)23-2;/h4-9,11H,10,12-13H2,1-3H3,(H2,19,21,22);1H. The first kappa shape index (κ1) is 21.0. The van der Waals surface area contributed by atoms with Crippen LogP contribution in [0.2, 0.25) is 0 Å². The van der Waals surface area contributed by atoms with E-state index < -0.39 is 0 Å². The first-order chi connectivity index (χ1) is 11.8. The van der Waals surface area contributed by atoms with E-state index in [1.807, 2.05) is 30.3 Å². The molecule has 6 nitrogen and oxygen atoms in total. The fourth-order valence-electron chi connectivity index (χ4n) is 2.37. The second-order valence-corrected chi connectivity index (χ2v) is 5.09. The summed E-state index contributed by atoms with van der Waals surface area (Å²) in [4.78, 5) is 8.42. The molecule has 0 saturated heterocycles. The number of methoxy groups -OCH3 is 2. The first-order valence-electron chi connectivity index (χ1n) is 7.82. The predicted molar refractivity (Wildman–Crippen MR) is 111 cm³/mol. The third-order valence-corrected chi connectivity index (χ3v) is 3.59. The Balaban J connectivity index is 0.00000312. The van der Waals surface area contributed by atoms with Gasteiger partial charge in [0.05, 0.1) is 14.2 Å². The van der Waals surface area contributed by atoms with E-state index in [4.69, 9.17) is 9.47 Å². The molecule has 136 valence electrons. The largest absolute Gasteiger partial charge is 0.496 e. The van der Waals surface area contributed by atoms with Gasteiger partial charge in [0.15, 0.2) is 5.96 Å². The van der Waals surface area contributed by atoms with Crippen molar-refractivity contribution in [1.82, 2.24) is 15.6 Å². The lowest BCUT2D eigenvalue weighted by Gasteiger charge is -2.14. The molecule has 0 fully saturated rings. The van der Waals surface area contributed by atoms with Crippen LogP contribution in [0.1, 0.15) is 11.1 Å². The predicted octanol–water partition coefficient (Wildman–Crippen LogP) is 2.62. The highest BCUT2D eigenvalue weighted by Crippen LogP contribution is 2.17. The van der Waals surface area contributed by atoms with Crippen LogP contribution in [-0.2, 0) is 13.0 Å². The van der Waals surface area contributed by atoms with E-state index in [0.717, 1.165) is 35.8 Å². The summed E-state index contributed by atoms with van der Waals surface area (Å²) in [6.45, 7) is 1.34. The number of hydrogen-bond donors (Lipinski definition) is 2. The fourth-order valence-corrected chi connectivity index (χ4v) is 2.37. The molecule has 0 aliphatic carbocycles. The van der Waals surface area contributed by atoms with Crippen LogP contribution < -0.4 is 20.1 Å². The molecule has 1 aromatic heterocycles. The van der Waals surface area contributed by atoms with Crippen LogP contribution in [0, 0.1) is 0 Å². The quantitative estimate of drug-likeness (QED) is 0.381. The lowest BCUT2D eigenvalue weighted by atomic mass is 10.1. The number of nitrogens with one attached hydrogen (secondary N) is 2. The summed E-state index contributed by atoms with van der Waals surface area (Å²) in [5.74, 6) is 2.26. The minimum absolute atomic E-state index is 0. The van der Waals surface area contributed by atoms with Gasteiger partial charge in [0, 0.05) is 31.9 Å². The van der Waals surface area contributed by atoms with Gasteiger partial charge in [-0.25, -0.2) is 4.98 Å². The second kappa shape index (κ2) is 11.5. The Morgan fingerprint density at radius 2 is 1.80 bits per heavy atom. The van der Waals surface area contributed by atoms with E-state index in [0.29, 0.717) is 12.4 Å². The number of benzene rings is 1. The molecule has 2 N–H and O–H groups in total. The third kappa shape index (κ3) is 6.41. The van der Waals surface area contributed by atoms with E-state index in [2.05, 4.69) is 26.7 Å². The lowest BCUT2D eigenvalue weighted by Crippen LogP contribution is -2.38. The van der Waals surface area contributed by atoms with Gasteiger partial charge in [-0.15, -0.1) is 24.0 Å². The van der Waals surface area contributed by atoms with Gasteiger partial charge in [-0.3, -0.25) is 4.99 Å². The van der Waals surface area contributed by atoms with Gasteiger partial charge in [-0.1, -0.05) is 24.3 Å². The zero-order valence-electron chi connectivity index (χ0n) is 14.8. The SMILES string of the molecule is CN=C(NCCc1ccccc1OC)NCc1cccnc1OC.I. The van der Waals surface area contributed by atoms with Gasteiger partial charge in [0.25, 0.3) is 0 Å². The van der Waals surface area contributed by atoms with E-state index in [1.54, 1.807) is 27.5 Å². The van der Waals surface area contributed by atoms with Crippen molar-refractivity contribution in [2.45, 2.75) is 13.0 Å². The second-order valence-electron chi connectivity index (χ2n) is 5.09. The molecule has 25 heavy (non-hydrogen) atoms. The highest BCUT2D eigenvalue weighted by Gasteiger charge is 2.05. The Kier molecular flexibility index (Phi) is 9.68. The summed E-state index contributed by atoms with van der Waals surface area (Å²) in [6.07, 6.45) is 2.56. The molecule has 0 spiro atoms. The van der Waals surface area contributed by atoms with Gasteiger partial charge < -0.3 is 20.1 Å². The van der Waals surface area contributed by atoms with Crippen LogP contribution in [0.3, 0.4) is 0 Å². The van der Waals surface area contributed by atoms with Crippen molar-refractivity contribution < 1.29 is 9.47 Å². The number of para-hydroxylation sites is 1. The monoisotopic (exact) mass is 456 g/mol. The van der Waals surface area contributed by atoms with Crippen molar-refractivity contribution in [1.29, 1.82) is 0 Å². The van der Waals surface area contributed by atoms with Crippen molar-refractivity contribution in [2.24, 2.45) is 4.99 Å². The average Bonchev–Trinajstić information content (AvgIpc) is 2.65. The highest BCUT2D eigenvalue weighted by atomic mass is 127. The number of halogens is 1. The molecule has 7 heteroatoms. The number of aliphatic imine (C=N–C) groups is 1. The molecule has 0 unspecified atom stereocenters. The first-order valence-corrected chi connectivity index (χ1v) is 7.82. The van der Waals surface area contributed by atoms with Crippen LogP contribution in [0.15, 0.2) is 47.6 Å². The van der Waals surface area contributed by atoms with E-state index in [9.17, 15) is 0 Å². The smallest absolute Gasteiger partial charge is 0.218 e. The van der Waals surface area contributed by atoms with Crippen molar-refractivity contribution in [3.8, 4) is 11.6 Å². The van der Waals surface area contributed by atoms with Crippen LogP contribution in [0.25, 0.3) is 0 Å². The fraction of sp³-hybridized carbons (Fsp3) is 0.333. The maximum Gasteiger partial charge on any atom is 0.218 e. The normalized spacial score (nSPS) is 10.6. The van der Waals surface area contributed by atoms with Gasteiger partial charge in [0.2, 0.25) is 5.88 Å². The minimum Gasteiger partial charge on any atom is -0.496 e. The molecule has 0 bridgehead atoms. The summed E-state index contributed by atoms with van der Waals surface area (Å²) in [6, 6.07) is 11.9. The van der Waals surface area contributed by atoms with Gasteiger partial charge >= 0.3 is 0 Å². The number of pyridine rings is 1. The summed E-state index contributed by atoms with van der Waals surface area (Å²) in [5, 5.41) is 6.56. The molecule has 0 amide bonds. The molecule has 0 radical (unpaired) electrons. The number of ether oxygens (including phenoxy) is 2. The minimum atomic E-state index is 0. The molecule has 0 saturated carbocycles. The van der Waals surface area contributed by atoms with E-state index in [-0.39, 0.29) is 24.0 Å². The number of nitrogens with zero attached hydrogens (tertiary/aromatic N) is 2. The highest BCUT2D eigenvalue weighted by molar-refractivity contribution is 14.0. The maximum atomic E-state index is 5.37. The zero-order chi connectivity index (χ0) is 17.2. The topological polar surface area (TPSA) is 67.8 Å². The maximum absolute atomic E-state index is 5.37. The Labute approximate surface area is 166 Å². The molecule has 0 aliphatic rings. The van der Waals surface area contributed by atoms with Crippen molar-refractivity contribution in [2.75, 3.05) is 27.8 Å². The number of hydrogen-bond acceptors (Lipinski definition) is 4. The Bertz CT molecular complexity index is 680. The summed E-state index contributed by atoms with van der Waals surface area (Å²) < 4.78 is 10.6. The molecule has 2 aromatic rings. The summed E-state index contributed by atoms with van der Waals surface area (Å²) in [7, 11) is 5.05. The Hall–Kier alpha value is -2.03. The number of rotatable bonds is 7. The van der Waals surface area contributed by atoms with Crippen LogP contribution >= 0.6 is 24.0 Å². The van der Waals surface area contributed by atoms with Crippen LogP contribution in [0.4, 0.5) is 0 Å². The lowest BCUT2D eigenvalue weighted by molar-refractivity contribution is 0.392. The van der Waals surface area contributed by atoms with E-state index >= 15 is 0 Å². The van der Waals surface area contributed by atoms with Crippen molar-refractivity contribution in [3.63, 3.8) is 0 Å². The molecule has 0 aliphatic heterocycles. The third-order valence-electron chi connectivity index (χ3n) is 3.59. The molecular formula is C18H25IN4O2. The zero-order valence-corrected chi connectivity index (χ0v) is 17.1. The molecule has 1 heterocycles. The number of aromatic nitrogens is 1. The van der Waals surface area contributed by atoms with Crippen molar-refractivity contribution in [3.05, 3.63) is 53.7 Å². The van der Waals surface area contributed by atoms with Gasteiger partial charge in [-0.05, 0) is 24.1 Å². The van der Waals surface area contributed by atoms with E-state index in [1.165, 1.54) is 0 Å². The van der Waals surface area contributed by atoms with Gasteiger partial charge in [-0.2, -0.15) is 0 Å². The number of guanidine groups is 1. The molecule has 2 rings (SSSR count). The summed E-state index contributed by atoms with van der Waals surface area (Å²) >= 11 is 0. The van der Waals surface area contributed by atoms with Crippen LogP contribution in [0.5, 0.6) is 11.6 Å². The molecular weight excluding hydrogens is 431 g/mol. The Morgan fingerprint density at radius 3 is 2.52 bits per heavy atom. The van der Waals surface area contributed by atoms with Crippen LogP contribution in [-0.4, -0.2) is 38.8 Å². The Morgan fingerprint density at radius 1 is 1.04 bits per heavy atom.